The first kappa shape index (κ1) is 18.7. The Morgan fingerprint density at radius 2 is 1.79 bits per heavy atom. The van der Waals surface area contributed by atoms with Crippen molar-refractivity contribution in [2.75, 3.05) is 5.32 Å². The third-order valence-corrected chi connectivity index (χ3v) is 4.46. The minimum absolute atomic E-state index is 0.0563. The van der Waals surface area contributed by atoms with Crippen molar-refractivity contribution in [3.8, 4) is 17.2 Å². The first-order valence-corrected chi connectivity index (χ1v) is 9.32. The second kappa shape index (κ2) is 8.14. The highest BCUT2D eigenvalue weighted by atomic mass is 19.1. The van der Waals surface area contributed by atoms with Crippen molar-refractivity contribution in [3.63, 3.8) is 0 Å². The summed E-state index contributed by atoms with van der Waals surface area (Å²) in [5.41, 5.74) is 2.91. The molecule has 0 saturated carbocycles. The molecule has 0 bridgehead atoms. The molecule has 3 aromatic carbocycles. The van der Waals surface area contributed by atoms with E-state index >= 15 is 0 Å². The van der Waals surface area contributed by atoms with Crippen molar-refractivity contribution in [3.05, 3.63) is 78.6 Å². The van der Waals surface area contributed by atoms with Crippen LogP contribution in [0.5, 0.6) is 5.75 Å². The average Bonchev–Trinajstić information content (AvgIpc) is 3.18. The second-order valence-electron chi connectivity index (χ2n) is 6.50. The molecule has 0 spiro atoms. The van der Waals surface area contributed by atoms with E-state index in [2.05, 4.69) is 10.3 Å². The van der Waals surface area contributed by atoms with Gasteiger partial charge in [-0.3, -0.25) is 4.79 Å². The number of fused-ring (bicyclic) bond motifs is 1. The number of aromatic nitrogens is 1. The number of nitrogens with zero attached hydrogens (tertiary/aromatic N) is 1. The molecule has 0 aliphatic carbocycles. The molecule has 0 aliphatic rings. The standard InChI is InChI=1S/C23H19FN2O3/c1-2-19(28-20-9-5-3-7-17(20)24)22(27)25-16-13-11-15(12-14-16)23-26-18-8-4-6-10-21(18)29-23/h3-14,19H,2H2,1H3,(H,25,27)/t19-/m0/s1. The highest BCUT2D eigenvalue weighted by Gasteiger charge is 2.20. The van der Waals surface area contributed by atoms with Crippen LogP contribution in [0.2, 0.25) is 0 Å². The van der Waals surface area contributed by atoms with Crippen LogP contribution >= 0.6 is 0 Å². The number of benzene rings is 3. The van der Waals surface area contributed by atoms with Gasteiger partial charge in [0.25, 0.3) is 5.91 Å². The van der Waals surface area contributed by atoms with Crippen LogP contribution in [0.25, 0.3) is 22.6 Å². The number of carbonyl (C=O) groups excluding carboxylic acids is 1. The number of oxazole rings is 1. The summed E-state index contributed by atoms with van der Waals surface area (Å²) in [4.78, 5) is 17.0. The van der Waals surface area contributed by atoms with E-state index in [0.717, 1.165) is 16.7 Å². The minimum Gasteiger partial charge on any atom is -0.478 e. The van der Waals surface area contributed by atoms with Crippen LogP contribution in [0.3, 0.4) is 0 Å². The van der Waals surface area contributed by atoms with Gasteiger partial charge in [-0.1, -0.05) is 31.2 Å². The monoisotopic (exact) mass is 390 g/mol. The SMILES string of the molecule is CC[C@H](Oc1ccccc1F)C(=O)Nc1ccc(-c2nc3ccccc3o2)cc1. The van der Waals surface area contributed by atoms with E-state index in [1.54, 1.807) is 31.2 Å². The Kier molecular flexibility index (Phi) is 5.24. The van der Waals surface area contributed by atoms with Crippen LogP contribution < -0.4 is 10.1 Å². The van der Waals surface area contributed by atoms with Gasteiger partial charge in [-0.05, 0) is 55.0 Å². The Hall–Kier alpha value is -3.67. The molecule has 4 aromatic rings. The summed E-state index contributed by atoms with van der Waals surface area (Å²) in [5.74, 6) is -0.272. The van der Waals surface area contributed by atoms with Crippen LogP contribution in [0.15, 0.2) is 77.2 Å². The fourth-order valence-electron chi connectivity index (χ4n) is 2.93. The zero-order valence-corrected chi connectivity index (χ0v) is 15.8. The Morgan fingerprint density at radius 3 is 2.52 bits per heavy atom. The molecular formula is C23H19FN2O3. The van der Waals surface area contributed by atoms with Crippen LogP contribution in [0.1, 0.15) is 13.3 Å². The van der Waals surface area contributed by atoms with Crippen molar-refractivity contribution < 1.29 is 18.3 Å². The van der Waals surface area contributed by atoms with Gasteiger partial charge < -0.3 is 14.5 Å². The fourth-order valence-corrected chi connectivity index (χ4v) is 2.93. The maximum Gasteiger partial charge on any atom is 0.265 e. The lowest BCUT2D eigenvalue weighted by Crippen LogP contribution is -2.32. The van der Waals surface area contributed by atoms with Crippen LogP contribution in [-0.4, -0.2) is 17.0 Å². The summed E-state index contributed by atoms with van der Waals surface area (Å²) in [6.45, 7) is 1.81. The highest BCUT2D eigenvalue weighted by Crippen LogP contribution is 2.25. The van der Waals surface area contributed by atoms with Gasteiger partial charge in [0.05, 0.1) is 0 Å². The van der Waals surface area contributed by atoms with E-state index in [4.69, 9.17) is 9.15 Å². The van der Waals surface area contributed by atoms with Gasteiger partial charge in [0.15, 0.2) is 23.3 Å². The van der Waals surface area contributed by atoms with Gasteiger partial charge in [-0.25, -0.2) is 9.37 Å². The van der Waals surface area contributed by atoms with E-state index in [1.165, 1.54) is 12.1 Å². The number of anilines is 1. The van der Waals surface area contributed by atoms with Crippen LogP contribution in [0, 0.1) is 5.82 Å². The molecule has 0 aliphatic heterocycles. The van der Waals surface area contributed by atoms with Gasteiger partial charge in [0, 0.05) is 11.3 Å². The van der Waals surface area contributed by atoms with Gasteiger partial charge in [0.2, 0.25) is 5.89 Å². The Bertz CT molecular complexity index is 1110. The number of para-hydroxylation sites is 3. The molecule has 1 heterocycles. The van der Waals surface area contributed by atoms with Gasteiger partial charge in [0.1, 0.15) is 5.52 Å². The van der Waals surface area contributed by atoms with Crippen LogP contribution in [0.4, 0.5) is 10.1 Å². The molecule has 6 heteroatoms. The number of hydrogen-bond acceptors (Lipinski definition) is 4. The lowest BCUT2D eigenvalue weighted by molar-refractivity contribution is -0.122. The number of amides is 1. The van der Waals surface area contributed by atoms with Crippen molar-refractivity contribution in [2.45, 2.75) is 19.4 Å². The highest BCUT2D eigenvalue weighted by molar-refractivity contribution is 5.94. The Morgan fingerprint density at radius 1 is 1.07 bits per heavy atom. The molecule has 0 fully saturated rings. The summed E-state index contributed by atoms with van der Waals surface area (Å²) in [6.07, 6.45) is -0.398. The Balaban J connectivity index is 1.46. The third-order valence-electron chi connectivity index (χ3n) is 4.46. The molecule has 146 valence electrons. The lowest BCUT2D eigenvalue weighted by atomic mass is 10.2. The van der Waals surface area contributed by atoms with Crippen molar-refractivity contribution >= 4 is 22.7 Å². The molecule has 29 heavy (non-hydrogen) atoms. The maximum absolute atomic E-state index is 13.8. The Labute approximate surface area is 167 Å². The van der Waals surface area contributed by atoms with Crippen molar-refractivity contribution in [1.29, 1.82) is 0 Å². The molecule has 0 saturated heterocycles. The largest absolute Gasteiger partial charge is 0.478 e. The van der Waals surface area contributed by atoms with E-state index < -0.39 is 11.9 Å². The van der Waals surface area contributed by atoms with E-state index in [-0.39, 0.29) is 11.7 Å². The maximum atomic E-state index is 13.8. The lowest BCUT2D eigenvalue weighted by Gasteiger charge is -2.17. The average molecular weight is 390 g/mol. The van der Waals surface area contributed by atoms with E-state index in [0.29, 0.717) is 18.0 Å². The number of halogens is 1. The molecule has 0 unspecified atom stereocenters. The van der Waals surface area contributed by atoms with Crippen molar-refractivity contribution in [2.24, 2.45) is 0 Å². The van der Waals surface area contributed by atoms with Gasteiger partial charge in [-0.2, -0.15) is 0 Å². The zero-order chi connectivity index (χ0) is 20.2. The topological polar surface area (TPSA) is 64.4 Å². The number of hydrogen-bond donors (Lipinski definition) is 1. The fraction of sp³-hybridized carbons (Fsp3) is 0.130. The summed E-state index contributed by atoms with van der Waals surface area (Å²) in [5, 5.41) is 2.80. The molecule has 4 rings (SSSR count). The molecule has 1 N–H and O–H groups in total. The molecule has 1 aromatic heterocycles. The zero-order valence-electron chi connectivity index (χ0n) is 15.8. The molecule has 1 atom stereocenters. The molecule has 5 nitrogen and oxygen atoms in total. The number of nitrogens with one attached hydrogen (secondary N) is 1. The number of carbonyl (C=O) groups is 1. The summed E-state index contributed by atoms with van der Waals surface area (Å²) in [6, 6.07) is 20.7. The summed E-state index contributed by atoms with van der Waals surface area (Å²) >= 11 is 0. The quantitative estimate of drug-likeness (QED) is 0.477. The molecule has 0 radical (unpaired) electrons. The van der Waals surface area contributed by atoms with Gasteiger partial charge in [-0.15, -0.1) is 0 Å². The minimum atomic E-state index is -0.802. The van der Waals surface area contributed by atoms with Crippen molar-refractivity contribution in [1.82, 2.24) is 4.98 Å². The second-order valence-corrected chi connectivity index (χ2v) is 6.50. The summed E-state index contributed by atoms with van der Waals surface area (Å²) in [7, 11) is 0. The number of rotatable bonds is 6. The molecular weight excluding hydrogens is 371 g/mol. The normalized spacial score (nSPS) is 11.9. The number of ether oxygens (including phenoxy) is 1. The third kappa shape index (κ3) is 4.11. The van der Waals surface area contributed by atoms with E-state index in [9.17, 15) is 9.18 Å². The molecule has 1 amide bonds. The summed E-state index contributed by atoms with van der Waals surface area (Å²) < 4.78 is 25.1. The van der Waals surface area contributed by atoms with Crippen LogP contribution in [-0.2, 0) is 4.79 Å². The van der Waals surface area contributed by atoms with E-state index in [1.807, 2.05) is 36.4 Å². The smallest absolute Gasteiger partial charge is 0.265 e. The first-order chi connectivity index (χ1) is 14.1. The predicted molar refractivity (Wildman–Crippen MR) is 109 cm³/mol. The predicted octanol–water partition coefficient (Wildman–Crippen LogP) is 5.43. The first-order valence-electron chi connectivity index (χ1n) is 9.32. The van der Waals surface area contributed by atoms with Gasteiger partial charge >= 0.3 is 0 Å².